The Labute approximate surface area is 182 Å². The number of rotatable bonds is 4. The average Bonchev–Trinajstić information content (AvgIpc) is 3.15. The van der Waals surface area contributed by atoms with Crippen molar-refractivity contribution < 1.29 is 0 Å². The Balaban J connectivity index is 1.70. The van der Waals surface area contributed by atoms with Gasteiger partial charge in [0, 0.05) is 10.9 Å². The van der Waals surface area contributed by atoms with Gasteiger partial charge in [0.25, 0.3) is 5.56 Å². The van der Waals surface area contributed by atoms with Crippen LogP contribution in [0.4, 0.5) is 0 Å². The van der Waals surface area contributed by atoms with E-state index in [0.29, 0.717) is 17.8 Å². The lowest BCUT2D eigenvalue weighted by molar-refractivity contribution is 0.589. The summed E-state index contributed by atoms with van der Waals surface area (Å²) < 4.78 is 1.72. The predicted octanol–water partition coefficient (Wildman–Crippen LogP) is 6.59. The van der Waals surface area contributed by atoms with Gasteiger partial charge in [-0.05, 0) is 33.6 Å². The normalized spacial score (nSPS) is 12.1. The first-order valence-electron chi connectivity index (χ1n) is 10.4. The van der Waals surface area contributed by atoms with E-state index in [4.69, 9.17) is 0 Å². The highest BCUT2D eigenvalue weighted by Gasteiger charge is 2.15. The van der Waals surface area contributed by atoms with Crippen LogP contribution in [0.3, 0.4) is 0 Å². The van der Waals surface area contributed by atoms with Crippen LogP contribution >= 0.6 is 11.3 Å². The van der Waals surface area contributed by atoms with Crippen LogP contribution in [-0.4, -0.2) is 9.55 Å². The van der Waals surface area contributed by atoms with Crippen molar-refractivity contribution in [1.82, 2.24) is 9.55 Å². The van der Waals surface area contributed by atoms with E-state index in [1.807, 2.05) is 5.38 Å². The number of hydrogen-bond donors (Lipinski definition) is 0. The average molecular weight is 417 g/mol. The SMILES string of the molecule is CC(C)c1ccc(-c2csc3ncn(Cc4ccc(C(C)(C)C)cc4)c(=O)c23)cc1. The van der Waals surface area contributed by atoms with Crippen LogP contribution in [-0.2, 0) is 12.0 Å². The molecule has 0 fully saturated rings. The molecule has 0 unspecified atom stereocenters. The summed E-state index contributed by atoms with van der Waals surface area (Å²) in [6, 6.07) is 17.0. The Morgan fingerprint density at radius 3 is 2.27 bits per heavy atom. The first-order valence-corrected chi connectivity index (χ1v) is 11.3. The van der Waals surface area contributed by atoms with Crippen LogP contribution in [0.2, 0.25) is 0 Å². The first-order chi connectivity index (χ1) is 14.2. The summed E-state index contributed by atoms with van der Waals surface area (Å²) in [5.74, 6) is 0.488. The van der Waals surface area contributed by atoms with Crippen molar-refractivity contribution in [2.75, 3.05) is 0 Å². The van der Waals surface area contributed by atoms with E-state index in [0.717, 1.165) is 21.5 Å². The van der Waals surface area contributed by atoms with Crippen molar-refractivity contribution >= 4 is 21.6 Å². The Morgan fingerprint density at radius 1 is 1.00 bits per heavy atom. The molecule has 3 nitrogen and oxygen atoms in total. The summed E-state index contributed by atoms with van der Waals surface area (Å²) in [5.41, 5.74) is 5.86. The zero-order valence-electron chi connectivity index (χ0n) is 18.3. The van der Waals surface area contributed by atoms with Gasteiger partial charge in [0.1, 0.15) is 4.83 Å². The zero-order valence-corrected chi connectivity index (χ0v) is 19.1. The third-order valence-corrected chi connectivity index (χ3v) is 6.51. The molecule has 0 aliphatic rings. The lowest BCUT2D eigenvalue weighted by Gasteiger charge is -2.19. The molecule has 0 saturated heterocycles. The van der Waals surface area contributed by atoms with Crippen molar-refractivity contribution in [3.63, 3.8) is 0 Å². The number of hydrogen-bond acceptors (Lipinski definition) is 3. The molecule has 0 amide bonds. The highest BCUT2D eigenvalue weighted by molar-refractivity contribution is 7.17. The van der Waals surface area contributed by atoms with Crippen LogP contribution in [0.5, 0.6) is 0 Å². The maximum atomic E-state index is 13.3. The van der Waals surface area contributed by atoms with Crippen LogP contribution < -0.4 is 5.56 Å². The van der Waals surface area contributed by atoms with Gasteiger partial charge in [-0.25, -0.2) is 4.98 Å². The topological polar surface area (TPSA) is 34.9 Å². The maximum Gasteiger partial charge on any atom is 0.263 e. The minimum Gasteiger partial charge on any atom is -0.294 e. The molecular formula is C26H28N2OS. The standard InChI is InChI=1S/C26H28N2OS/c1-17(2)19-8-10-20(11-9-19)22-15-30-24-23(22)25(29)28(16-27-24)14-18-6-12-21(13-7-18)26(3,4)5/h6-13,15-17H,14H2,1-5H3. The molecule has 2 aromatic heterocycles. The zero-order chi connectivity index (χ0) is 21.5. The second-order valence-corrected chi connectivity index (χ2v) is 10.1. The Hall–Kier alpha value is -2.72. The third-order valence-electron chi connectivity index (χ3n) is 5.62. The largest absolute Gasteiger partial charge is 0.294 e. The number of thiophene rings is 1. The number of benzene rings is 2. The van der Waals surface area contributed by atoms with Gasteiger partial charge < -0.3 is 0 Å². The van der Waals surface area contributed by atoms with E-state index >= 15 is 0 Å². The van der Waals surface area contributed by atoms with Gasteiger partial charge in [-0.1, -0.05) is 83.1 Å². The molecule has 4 rings (SSSR count). The van der Waals surface area contributed by atoms with Crippen LogP contribution in [0, 0.1) is 0 Å². The summed E-state index contributed by atoms with van der Waals surface area (Å²) >= 11 is 1.53. The summed E-state index contributed by atoms with van der Waals surface area (Å²) in [5, 5.41) is 2.76. The molecule has 0 saturated carbocycles. The van der Waals surface area contributed by atoms with Gasteiger partial charge in [-0.2, -0.15) is 0 Å². The number of fused-ring (bicyclic) bond motifs is 1. The first kappa shape index (κ1) is 20.5. The fourth-order valence-electron chi connectivity index (χ4n) is 3.65. The fraction of sp³-hybridized carbons (Fsp3) is 0.308. The quantitative estimate of drug-likeness (QED) is 0.376. The molecule has 30 heavy (non-hydrogen) atoms. The van der Waals surface area contributed by atoms with Crippen LogP contribution in [0.25, 0.3) is 21.3 Å². The summed E-state index contributed by atoms with van der Waals surface area (Å²) in [6.45, 7) is 11.5. The molecule has 0 spiro atoms. The Kier molecular flexibility index (Phi) is 5.37. The molecule has 0 aliphatic heterocycles. The Bertz CT molecular complexity index is 1220. The molecule has 0 radical (unpaired) electrons. The molecule has 4 heteroatoms. The third kappa shape index (κ3) is 3.97. The molecule has 2 heterocycles. The Morgan fingerprint density at radius 2 is 1.67 bits per heavy atom. The molecule has 0 bridgehead atoms. The van der Waals surface area contributed by atoms with E-state index < -0.39 is 0 Å². The highest BCUT2D eigenvalue weighted by Crippen LogP contribution is 2.31. The van der Waals surface area contributed by atoms with Crippen molar-refractivity contribution in [3.8, 4) is 11.1 Å². The van der Waals surface area contributed by atoms with Crippen molar-refractivity contribution in [3.05, 3.63) is 87.3 Å². The monoisotopic (exact) mass is 416 g/mol. The van der Waals surface area contributed by atoms with Crippen LogP contribution in [0.1, 0.15) is 57.2 Å². The second-order valence-electron chi connectivity index (χ2n) is 9.23. The molecule has 0 N–H and O–H groups in total. The van der Waals surface area contributed by atoms with Crippen molar-refractivity contribution in [2.45, 2.75) is 52.5 Å². The second kappa shape index (κ2) is 7.84. The van der Waals surface area contributed by atoms with E-state index in [1.165, 1.54) is 22.5 Å². The molecule has 154 valence electrons. The van der Waals surface area contributed by atoms with Gasteiger partial charge in [-0.15, -0.1) is 11.3 Å². The lowest BCUT2D eigenvalue weighted by Crippen LogP contribution is -2.21. The summed E-state index contributed by atoms with van der Waals surface area (Å²) in [7, 11) is 0. The molecular weight excluding hydrogens is 388 g/mol. The van der Waals surface area contributed by atoms with Gasteiger partial charge in [-0.3, -0.25) is 9.36 Å². The lowest BCUT2D eigenvalue weighted by atomic mass is 9.87. The van der Waals surface area contributed by atoms with Crippen LogP contribution in [0.15, 0.2) is 65.0 Å². The molecule has 0 atom stereocenters. The van der Waals surface area contributed by atoms with E-state index in [2.05, 4.69) is 88.1 Å². The smallest absolute Gasteiger partial charge is 0.263 e. The highest BCUT2D eigenvalue weighted by atomic mass is 32.1. The minimum atomic E-state index is 0.0177. The number of nitrogens with zero attached hydrogens (tertiary/aromatic N) is 2. The molecule has 0 aliphatic carbocycles. The minimum absolute atomic E-state index is 0.0177. The van der Waals surface area contributed by atoms with Crippen molar-refractivity contribution in [2.24, 2.45) is 0 Å². The van der Waals surface area contributed by atoms with E-state index in [1.54, 1.807) is 10.9 Å². The van der Waals surface area contributed by atoms with Gasteiger partial charge in [0.05, 0.1) is 18.3 Å². The van der Waals surface area contributed by atoms with E-state index in [-0.39, 0.29) is 11.0 Å². The van der Waals surface area contributed by atoms with Crippen molar-refractivity contribution in [1.29, 1.82) is 0 Å². The van der Waals surface area contributed by atoms with E-state index in [9.17, 15) is 4.79 Å². The van der Waals surface area contributed by atoms with Gasteiger partial charge in [0.15, 0.2) is 0 Å². The fourth-order valence-corrected chi connectivity index (χ4v) is 4.55. The molecule has 2 aromatic carbocycles. The van der Waals surface area contributed by atoms with Gasteiger partial charge >= 0.3 is 0 Å². The summed E-state index contributed by atoms with van der Waals surface area (Å²) in [6.07, 6.45) is 1.67. The molecule has 4 aromatic rings. The maximum absolute atomic E-state index is 13.3. The predicted molar refractivity (Wildman–Crippen MR) is 128 cm³/mol. The summed E-state index contributed by atoms with van der Waals surface area (Å²) in [4.78, 5) is 18.7. The van der Waals surface area contributed by atoms with Gasteiger partial charge in [0.2, 0.25) is 0 Å². The number of aromatic nitrogens is 2.